The van der Waals surface area contributed by atoms with Gasteiger partial charge >= 0.3 is 5.97 Å². The highest BCUT2D eigenvalue weighted by Crippen LogP contribution is 2.17. The fourth-order valence-corrected chi connectivity index (χ4v) is 1.21. The summed E-state index contributed by atoms with van der Waals surface area (Å²) in [5.74, 6) is 0.324. The number of ether oxygens (including phenoxy) is 2. The second kappa shape index (κ2) is 6.78. The minimum absolute atomic E-state index is 0.163. The van der Waals surface area contributed by atoms with E-state index in [2.05, 4.69) is 0 Å². The maximum atomic E-state index is 11.5. The Hall–Kier alpha value is -1.71. The Balaban J connectivity index is 2.40. The maximum absolute atomic E-state index is 11.5. The van der Waals surface area contributed by atoms with E-state index in [1.54, 1.807) is 19.1 Å². The van der Waals surface area contributed by atoms with Gasteiger partial charge in [-0.2, -0.15) is 0 Å². The molecule has 1 atom stereocenters. The number of carbonyl (C=O) groups excluding carboxylic acids is 1. The first kappa shape index (κ1) is 13.4. The van der Waals surface area contributed by atoms with Gasteiger partial charge in [0.05, 0.1) is 6.61 Å². The predicted octanol–water partition coefficient (Wildman–Crippen LogP) is 2.50. The van der Waals surface area contributed by atoms with Crippen molar-refractivity contribution in [3.8, 4) is 11.5 Å². The van der Waals surface area contributed by atoms with Crippen molar-refractivity contribution in [2.75, 3.05) is 6.61 Å². The summed E-state index contributed by atoms with van der Waals surface area (Å²) in [6.07, 6.45) is 1.20. The molecule has 4 nitrogen and oxygen atoms in total. The van der Waals surface area contributed by atoms with E-state index < -0.39 is 6.10 Å². The zero-order valence-corrected chi connectivity index (χ0v) is 10.2. The van der Waals surface area contributed by atoms with Crippen LogP contribution in [0.15, 0.2) is 24.3 Å². The summed E-state index contributed by atoms with van der Waals surface area (Å²) in [5.41, 5.74) is 0. The van der Waals surface area contributed by atoms with Crippen molar-refractivity contribution in [3.05, 3.63) is 24.3 Å². The van der Waals surface area contributed by atoms with Gasteiger partial charge in [0.15, 0.2) is 6.10 Å². The van der Waals surface area contributed by atoms with Crippen molar-refractivity contribution in [1.82, 2.24) is 0 Å². The van der Waals surface area contributed by atoms with Crippen LogP contribution in [0.3, 0.4) is 0 Å². The van der Waals surface area contributed by atoms with Crippen molar-refractivity contribution in [3.63, 3.8) is 0 Å². The third-order valence-corrected chi connectivity index (χ3v) is 2.22. The van der Waals surface area contributed by atoms with Crippen molar-refractivity contribution >= 4 is 5.97 Å². The van der Waals surface area contributed by atoms with Crippen LogP contribution in [-0.4, -0.2) is 23.8 Å². The van der Waals surface area contributed by atoms with Gasteiger partial charge in [-0.15, -0.1) is 0 Å². The first-order chi connectivity index (χ1) is 8.13. The Morgan fingerprint density at radius 2 is 2.00 bits per heavy atom. The largest absolute Gasteiger partial charge is 0.508 e. The molecule has 1 rings (SSSR count). The number of esters is 1. The monoisotopic (exact) mass is 238 g/mol. The minimum Gasteiger partial charge on any atom is -0.508 e. The van der Waals surface area contributed by atoms with E-state index in [0.717, 1.165) is 12.8 Å². The van der Waals surface area contributed by atoms with E-state index >= 15 is 0 Å². The predicted molar refractivity (Wildman–Crippen MR) is 64.1 cm³/mol. The molecule has 0 aromatic heterocycles. The number of phenolic OH excluding ortho intramolecular Hbond substituents is 1. The van der Waals surface area contributed by atoms with E-state index in [0.29, 0.717) is 12.4 Å². The number of unbranched alkanes of at least 4 members (excludes halogenated alkanes) is 1. The van der Waals surface area contributed by atoms with E-state index in [1.807, 2.05) is 6.92 Å². The Labute approximate surface area is 101 Å². The molecule has 0 saturated carbocycles. The minimum atomic E-state index is -0.642. The number of hydrogen-bond acceptors (Lipinski definition) is 4. The lowest BCUT2D eigenvalue weighted by atomic mass is 10.3. The molecule has 94 valence electrons. The molecule has 0 aliphatic carbocycles. The molecular formula is C13H18O4. The first-order valence-corrected chi connectivity index (χ1v) is 5.75. The fraction of sp³-hybridized carbons (Fsp3) is 0.462. The summed E-state index contributed by atoms with van der Waals surface area (Å²) >= 11 is 0. The first-order valence-electron chi connectivity index (χ1n) is 5.75. The lowest BCUT2D eigenvalue weighted by Gasteiger charge is -2.13. The molecule has 0 unspecified atom stereocenters. The highest BCUT2D eigenvalue weighted by Gasteiger charge is 2.15. The summed E-state index contributed by atoms with van der Waals surface area (Å²) < 4.78 is 10.4. The van der Waals surface area contributed by atoms with Gasteiger partial charge < -0.3 is 14.6 Å². The van der Waals surface area contributed by atoms with Gasteiger partial charge in [-0.3, -0.25) is 0 Å². The van der Waals surface area contributed by atoms with Crippen LogP contribution in [0.5, 0.6) is 11.5 Å². The normalized spacial score (nSPS) is 11.9. The van der Waals surface area contributed by atoms with E-state index in [-0.39, 0.29) is 11.7 Å². The second-order valence-corrected chi connectivity index (χ2v) is 3.78. The van der Waals surface area contributed by atoms with Crippen molar-refractivity contribution in [2.24, 2.45) is 0 Å². The van der Waals surface area contributed by atoms with Gasteiger partial charge in [-0.1, -0.05) is 13.3 Å². The van der Waals surface area contributed by atoms with E-state index in [1.165, 1.54) is 12.1 Å². The summed E-state index contributed by atoms with van der Waals surface area (Å²) in [7, 11) is 0. The molecule has 0 fully saturated rings. The van der Waals surface area contributed by atoms with Crippen LogP contribution in [0.1, 0.15) is 26.7 Å². The average molecular weight is 238 g/mol. The number of aromatic hydroxyl groups is 1. The third-order valence-electron chi connectivity index (χ3n) is 2.22. The van der Waals surface area contributed by atoms with Gasteiger partial charge in [-0.05, 0) is 37.6 Å². The van der Waals surface area contributed by atoms with Gasteiger partial charge in [0.1, 0.15) is 11.5 Å². The number of hydrogen-bond donors (Lipinski definition) is 1. The summed E-state index contributed by atoms with van der Waals surface area (Å²) in [4.78, 5) is 11.5. The van der Waals surface area contributed by atoms with Crippen LogP contribution in [0.25, 0.3) is 0 Å². The van der Waals surface area contributed by atoms with Crippen molar-refractivity contribution in [1.29, 1.82) is 0 Å². The molecular weight excluding hydrogens is 220 g/mol. The smallest absolute Gasteiger partial charge is 0.347 e. The molecule has 1 N–H and O–H groups in total. The Morgan fingerprint density at radius 1 is 1.35 bits per heavy atom. The maximum Gasteiger partial charge on any atom is 0.347 e. The highest BCUT2D eigenvalue weighted by atomic mass is 16.6. The van der Waals surface area contributed by atoms with Gasteiger partial charge in [0, 0.05) is 0 Å². The van der Waals surface area contributed by atoms with Crippen LogP contribution in [0, 0.1) is 0 Å². The molecule has 0 aliphatic rings. The molecule has 0 heterocycles. The molecule has 0 amide bonds. The number of carbonyl (C=O) groups is 1. The Bertz CT molecular complexity index is 345. The second-order valence-electron chi connectivity index (χ2n) is 3.78. The van der Waals surface area contributed by atoms with Crippen LogP contribution in [-0.2, 0) is 9.53 Å². The molecule has 0 spiro atoms. The molecule has 1 aromatic carbocycles. The molecule has 0 saturated heterocycles. The van der Waals surface area contributed by atoms with Crippen LogP contribution < -0.4 is 4.74 Å². The fourth-order valence-electron chi connectivity index (χ4n) is 1.21. The molecule has 0 aliphatic heterocycles. The topological polar surface area (TPSA) is 55.8 Å². The van der Waals surface area contributed by atoms with Crippen molar-refractivity contribution in [2.45, 2.75) is 32.8 Å². The molecule has 0 bridgehead atoms. The van der Waals surface area contributed by atoms with Crippen LogP contribution in [0.4, 0.5) is 0 Å². The molecule has 17 heavy (non-hydrogen) atoms. The zero-order chi connectivity index (χ0) is 12.7. The Kier molecular flexibility index (Phi) is 5.33. The summed E-state index contributed by atoms with van der Waals surface area (Å²) in [6, 6.07) is 6.21. The van der Waals surface area contributed by atoms with Crippen LogP contribution >= 0.6 is 0 Å². The summed E-state index contributed by atoms with van der Waals surface area (Å²) in [5, 5.41) is 9.10. The quantitative estimate of drug-likeness (QED) is 0.611. The lowest BCUT2D eigenvalue weighted by molar-refractivity contribution is -0.151. The average Bonchev–Trinajstić information content (AvgIpc) is 2.32. The number of rotatable bonds is 6. The Morgan fingerprint density at radius 3 is 2.59 bits per heavy atom. The number of benzene rings is 1. The highest BCUT2D eigenvalue weighted by molar-refractivity contribution is 5.74. The number of phenols is 1. The molecule has 1 aromatic rings. The van der Waals surface area contributed by atoms with E-state index in [4.69, 9.17) is 14.6 Å². The van der Waals surface area contributed by atoms with Crippen molar-refractivity contribution < 1.29 is 19.4 Å². The zero-order valence-electron chi connectivity index (χ0n) is 10.2. The third kappa shape index (κ3) is 4.76. The lowest BCUT2D eigenvalue weighted by Crippen LogP contribution is -2.26. The SMILES string of the molecule is CCCCOC(=O)[C@@H](C)Oc1ccc(O)cc1. The van der Waals surface area contributed by atoms with E-state index in [9.17, 15) is 4.79 Å². The molecule has 4 heteroatoms. The van der Waals surface area contributed by atoms with Crippen LogP contribution in [0.2, 0.25) is 0 Å². The standard InChI is InChI=1S/C13H18O4/c1-3-4-9-16-13(15)10(2)17-12-7-5-11(14)6-8-12/h5-8,10,14H,3-4,9H2,1-2H3/t10-/m1/s1. The van der Waals surface area contributed by atoms with Gasteiger partial charge in [0.2, 0.25) is 0 Å². The van der Waals surface area contributed by atoms with Gasteiger partial charge in [0.25, 0.3) is 0 Å². The van der Waals surface area contributed by atoms with Gasteiger partial charge in [-0.25, -0.2) is 4.79 Å². The molecule has 0 radical (unpaired) electrons. The summed E-state index contributed by atoms with van der Waals surface area (Å²) in [6.45, 7) is 4.10.